The lowest BCUT2D eigenvalue weighted by molar-refractivity contribution is 0.212. The smallest absolute Gasteiger partial charge is 0.213 e. The number of nitrogens with one attached hydrogen (secondary N) is 1. The van der Waals surface area contributed by atoms with E-state index >= 15 is 0 Å². The first kappa shape index (κ1) is 15.7. The van der Waals surface area contributed by atoms with Gasteiger partial charge in [0.2, 0.25) is 15.2 Å². The van der Waals surface area contributed by atoms with Crippen LogP contribution in [0.15, 0.2) is 0 Å². The van der Waals surface area contributed by atoms with Crippen molar-refractivity contribution in [2.75, 3.05) is 30.7 Å². The Kier molecular flexibility index (Phi) is 4.36. The number of hydrogen-bond acceptors (Lipinski definition) is 6. The topological polar surface area (TPSA) is 75.2 Å². The predicted octanol–water partition coefficient (Wildman–Crippen LogP) is 1.53. The molecule has 1 fully saturated rings. The molecule has 114 valence electrons. The molecule has 6 nitrogen and oxygen atoms in total. The molecule has 0 spiro atoms. The molecule has 0 saturated carbocycles. The first-order valence-electron chi connectivity index (χ1n) is 6.78. The first-order chi connectivity index (χ1) is 9.22. The lowest BCUT2D eigenvalue weighted by atomic mass is 9.98. The van der Waals surface area contributed by atoms with Crippen LogP contribution in [-0.2, 0) is 15.4 Å². The molecule has 20 heavy (non-hydrogen) atoms. The zero-order chi connectivity index (χ0) is 15.0. The normalized spacial score (nSPS) is 18.0. The van der Waals surface area contributed by atoms with Crippen LogP contribution in [0.25, 0.3) is 0 Å². The summed E-state index contributed by atoms with van der Waals surface area (Å²) in [7, 11) is -3.01. The molecular weight excluding hydrogens is 296 g/mol. The first-order valence-corrected chi connectivity index (χ1v) is 9.20. The van der Waals surface area contributed by atoms with Gasteiger partial charge in [0.1, 0.15) is 5.01 Å². The Labute approximate surface area is 124 Å². The van der Waals surface area contributed by atoms with Gasteiger partial charge in [-0.15, -0.1) is 10.2 Å². The van der Waals surface area contributed by atoms with E-state index in [9.17, 15) is 8.42 Å². The number of hydrogen-bond donors (Lipinski definition) is 1. The molecule has 0 bridgehead atoms. The van der Waals surface area contributed by atoms with Crippen LogP contribution in [-0.4, -0.2) is 48.3 Å². The van der Waals surface area contributed by atoms with Gasteiger partial charge >= 0.3 is 0 Å². The van der Waals surface area contributed by atoms with Crippen LogP contribution < -0.4 is 5.32 Å². The SMILES string of the molecule is CCS(=O)(=O)N1CC(CNc2nnc(C(C)(C)C)s2)C1. The third-order valence-corrected chi connectivity index (χ3v) is 6.41. The second-order valence-electron chi connectivity index (χ2n) is 6.13. The van der Waals surface area contributed by atoms with Crippen LogP contribution in [0.3, 0.4) is 0 Å². The van der Waals surface area contributed by atoms with Gasteiger partial charge in [0.05, 0.1) is 5.75 Å². The van der Waals surface area contributed by atoms with Crippen LogP contribution in [0.2, 0.25) is 0 Å². The Balaban J connectivity index is 1.80. The largest absolute Gasteiger partial charge is 0.360 e. The maximum atomic E-state index is 11.6. The summed E-state index contributed by atoms with van der Waals surface area (Å²) in [6, 6.07) is 0. The highest BCUT2D eigenvalue weighted by atomic mass is 32.2. The number of nitrogens with zero attached hydrogens (tertiary/aromatic N) is 3. The van der Waals surface area contributed by atoms with E-state index in [4.69, 9.17) is 0 Å². The maximum Gasteiger partial charge on any atom is 0.213 e. The van der Waals surface area contributed by atoms with Crippen LogP contribution in [0.1, 0.15) is 32.7 Å². The van der Waals surface area contributed by atoms with Crippen molar-refractivity contribution in [3.8, 4) is 0 Å². The Morgan fingerprint density at radius 1 is 1.35 bits per heavy atom. The molecule has 0 amide bonds. The molecular formula is C12H22N4O2S2. The molecule has 0 aromatic carbocycles. The summed E-state index contributed by atoms with van der Waals surface area (Å²) in [4.78, 5) is 0. The minimum atomic E-state index is -3.01. The zero-order valence-electron chi connectivity index (χ0n) is 12.4. The number of rotatable bonds is 5. The fraction of sp³-hybridized carbons (Fsp3) is 0.833. The quantitative estimate of drug-likeness (QED) is 0.891. The fourth-order valence-electron chi connectivity index (χ4n) is 1.89. The third-order valence-electron chi connectivity index (χ3n) is 3.29. The molecule has 8 heteroatoms. The van der Waals surface area contributed by atoms with E-state index in [0.717, 1.165) is 16.7 Å². The van der Waals surface area contributed by atoms with Crippen molar-refractivity contribution in [2.45, 2.75) is 33.1 Å². The zero-order valence-corrected chi connectivity index (χ0v) is 14.0. The van der Waals surface area contributed by atoms with Crippen molar-refractivity contribution in [1.82, 2.24) is 14.5 Å². The van der Waals surface area contributed by atoms with Crippen molar-refractivity contribution in [1.29, 1.82) is 0 Å². The highest BCUT2D eigenvalue weighted by Gasteiger charge is 2.34. The van der Waals surface area contributed by atoms with E-state index < -0.39 is 10.0 Å². The van der Waals surface area contributed by atoms with E-state index in [-0.39, 0.29) is 11.2 Å². The minimum absolute atomic E-state index is 0.0140. The van der Waals surface area contributed by atoms with Crippen LogP contribution in [0.4, 0.5) is 5.13 Å². The summed E-state index contributed by atoms with van der Waals surface area (Å²) < 4.78 is 24.7. The fourth-order valence-corrected chi connectivity index (χ4v) is 3.94. The average Bonchev–Trinajstić information content (AvgIpc) is 2.75. The standard InChI is InChI=1S/C12H22N4O2S2/c1-5-20(17,18)16-7-9(8-16)6-13-11-15-14-10(19-11)12(2,3)4/h9H,5-8H2,1-4H3,(H,13,15). The van der Waals surface area contributed by atoms with E-state index in [1.165, 1.54) is 0 Å². The van der Waals surface area contributed by atoms with E-state index in [0.29, 0.717) is 19.0 Å². The van der Waals surface area contributed by atoms with Crippen molar-refractivity contribution < 1.29 is 8.42 Å². The van der Waals surface area contributed by atoms with Gasteiger partial charge in [-0.05, 0) is 6.92 Å². The van der Waals surface area contributed by atoms with Crippen LogP contribution in [0.5, 0.6) is 0 Å². The summed E-state index contributed by atoms with van der Waals surface area (Å²) in [5.41, 5.74) is 0.0140. The predicted molar refractivity (Wildman–Crippen MR) is 81.6 cm³/mol. The molecule has 1 aliphatic rings. The number of sulfonamides is 1. The van der Waals surface area contributed by atoms with Gasteiger partial charge in [-0.2, -0.15) is 0 Å². The van der Waals surface area contributed by atoms with Gasteiger partial charge in [-0.1, -0.05) is 32.1 Å². The van der Waals surface area contributed by atoms with Gasteiger partial charge < -0.3 is 5.32 Å². The molecule has 2 heterocycles. The van der Waals surface area contributed by atoms with E-state index in [1.54, 1.807) is 22.6 Å². The van der Waals surface area contributed by atoms with Gasteiger partial charge in [0.25, 0.3) is 0 Å². The van der Waals surface area contributed by atoms with Crippen LogP contribution in [0, 0.1) is 5.92 Å². The summed E-state index contributed by atoms with van der Waals surface area (Å²) in [5.74, 6) is 0.539. The van der Waals surface area contributed by atoms with Gasteiger partial charge in [-0.3, -0.25) is 0 Å². The summed E-state index contributed by atoms with van der Waals surface area (Å²) >= 11 is 1.56. The second-order valence-corrected chi connectivity index (χ2v) is 9.36. The molecule has 1 aromatic heterocycles. The summed E-state index contributed by atoms with van der Waals surface area (Å²) in [6.45, 7) is 9.96. The van der Waals surface area contributed by atoms with Crippen molar-refractivity contribution in [3.63, 3.8) is 0 Å². The Bertz CT molecular complexity index is 556. The monoisotopic (exact) mass is 318 g/mol. The summed E-state index contributed by atoms with van der Waals surface area (Å²) in [5, 5.41) is 13.4. The summed E-state index contributed by atoms with van der Waals surface area (Å²) in [6.07, 6.45) is 0. The Morgan fingerprint density at radius 3 is 2.50 bits per heavy atom. The highest BCUT2D eigenvalue weighted by Crippen LogP contribution is 2.28. The minimum Gasteiger partial charge on any atom is -0.360 e. The molecule has 0 radical (unpaired) electrons. The average molecular weight is 318 g/mol. The molecule has 1 aromatic rings. The third kappa shape index (κ3) is 3.48. The van der Waals surface area contributed by atoms with E-state index in [1.807, 2.05) is 0 Å². The second kappa shape index (κ2) is 5.57. The number of anilines is 1. The molecule has 1 N–H and O–H groups in total. The lowest BCUT2D eigenvalue weighted by Crippen LogP contribution is -2.52. The molecule has 1 saturated heterocycles. The van der Waals surface area contributed by atoms with Gasteiger partial charge in [0, 0.05) is 31.0 Å². The van der Waals surface area contributed by atoms with Crippen LogP contribution >= 0.6 is 11.3 Å². The molecule has 0 atom stereocenters. The van der Waals surface area contributed by atoms with Crippen molar-refractivity contribution >= 4 is 26.5 Å². The molecule has 1 aliphatic heterocycles. The van der Waals surface area contributed by atoms with Crippen molar-refractivity contribution in [3.05, 3.63) is 5.01 Å². The number of aromatic nitrogens is 2. The Morgan fingerprint density at radius 2 is 2.00 bits per heavy atom. The molecule has 0 aliphatic carbocycles. The van der Waals surface area contributed by atoms with Gasteiger partial charge in [0.15, 0.2) is 0 Å². The van der Waals surface area contributed by atoms with Crippen molar-refractivity contribution in [2.24, 2.45) is 5.92 Å². The van der Waals surface area contributed by atoms with E-state index in [2.05, 4.69) is 36.3 Å². The molecule has 2 rings (SSSR count). The lowest BCUT2D eigenvalue weighted by Gasteiger charge is -2.37. The highest BCUT2D eigenvalue weighted by molar-refractivity contribution is 7.89. The Hall–Kier alpha value is -0.730. The maximum absolute atomic E-state index is 11.6. The van der Waals surface area contributed by atoms with Gasteiger partial charge in [-0.25, -0.2) is 12.7 Å². The molecule has 0 unspecified atom stereocenters.